The Bertz CT molecular complexity index is 752. The number of aryl methyl sites for hydroxylation is 2. The van der Waals surface area contributed by atoms with Crippen LogP contribution in [0.5, 0.6) is 0 Å². The molecule has 6 heteroatoms. The number of aromatic nitrogens is 1. The van der Waals surface area contributed by atoms with Crippen molar-refractivity contribution in [1.82, 2.24) is 9.88 Å². The monoisotopic (exact) mass is 398 g/mol. The molecule has 1 aromatic heterocycles. The first-order chi connectivity index (χ1) is 13.7. The molecule has 0 saturated carbocycles. The molecular formula is C22H30N4OS. The van der Waals surface area contributed by atoms with Gasteiger partial charge in [0.05, 0.1) is 11.4 Å². The van der Waals surface area contributed by atoms with Gasteiger partial charge in [0.15, 0.2) is 5.13 Å². The summed E-state index contributed by atoms with van der Waals surface area (Å²) in [6.45, 7) is 6.79. The fourth-order valence-corrected chi connectivity index (χ4v) is 4.22. The van der Waals surface area contributed by atoms with Crippen molar-refractivity contribution in [3.8, 4) is 0 Å². The smallest absolute Gasteiger partial charge is 0.323 e. The molecule has 5 nitrogen and oxygen atoms in total. The van der Waals surface area contributed by atoms with Crippen molar-refractivity contribution in [2.75, 3.05) is 30.3 Å². The van der Waals surface area contributed by atoms with Gasteiger partial charge in [-0.2, -0.15) is 0 Å². The van der Waals surface area contributed by atoms with Crippen LogP contribution in [0, 0.1) is 18.1 Å². The van der Waals surface area contributed by atoms with E-state index in [0.29, 0.717) is 11.0 Å². The molecule has 1 saturated heterocycles. The van der Waals surface area contributed by atoms with Crippen LogP contribution in [0.2, 0.25) is 0 Å². The highest BCUT2D eigenvalue weighted by atomic mass is 32.1. The van der Waals surface area contributed by atoms with E-state index in [1.165, 1.54) is 29.7 Å². The molecule has 2 heterocycles. The van der Waals surface area contributed by atoms with Crippen LogP contribution < -0.4 is 10.6 Å². The molecule has 0 unspecified atom stereocenters. The van der Waals surface area contributed by atoms with E-state index < -0.39 is 0 Å². The first-order valence-corrected chi connectivity index (χ1v) is 11.2. The Balaban J connectivity index is 1.43. The number of urea groups is 1. The van der Waals surface area contributed by atoms with Crippen LogP contribution >= 0.6 is 11.3 Å². The summed E-state index contributed by atoms with van der Waals surface area (Å²) in [7, 11) is 0. The number of rotatable bonds is 8. The average molecular weight is 399 g/mol. The molecule has 2 N–H and O–H groups in total. The zero-order valence-corrected chi connectivity index (χ0v) is 17.7. The number of thiazole rings is 1. The molecule has 0 atom stereocenters. The fraction of sp³-hybridized carbons (Fsp3) is 0.545. The summed E-state index contributed by atoms with van der Waals surface area (Å²) in [5.41, 5.74) is 3.44. The standard InChI is InChI=1S/C22H30N4OS/c1-3-5-8-18-9-6-7-10-20(18)23-15-17-11-13-26(14-12-17)22(27)25-21-24-19(4-2)16-28-21/h6,9,16-17,23H,3-5,8,11-15H2,1-2H3,(H,24,25,27). The van der Waals surface area contributed by atoms with Gasteiger partial charge in [-0.1, -0.05) is 26.3 Å². The molecule has 3 rings (SSSR count). The molecule has 0 radical (unpaired) electrons. The molecular weight excluding hydrogens is 368 g/mol. The van der Waals surface area contributed by atoms with Crippen molar-refractivity contribution in [3.05, 3.63) is 40.9 Å². The molecule has 1 aliphatic heterocycles. The minimum absolute atomic E-state index is 0.0312. The Hall–Kier alpha value is -2.26. The molecule has 1 fully saturated rings. The van der Waals surface area contributed by atoms with Crippen LogP contribution in [-0.2, 0) is 12.8 Å². The molecule has 2 amide bonds. The van der Waals surface area contributed by atoms with E-state index in [-0.39, 0.29) is 6.03 Å². The van der Waals surface area contributed by atoms with Gasteiger partial charge in [-0.3, -0.25) is 5.32 Å². The van der Waals surface area contributed by atoms with Crippen LogP contribution in [0.25, 0.3) is 0 Å². The van der Waals surface area contributed by atoms with E-state index in [0.717, 1.165) is 56.7 Å². The van der Waals surface area contributed by atoms with Crippen molar-refractivity contribution in [2.45, 2.75) is 52.4 Å². The van der Waals surface area contributed by atoms with Crippen LogP contribution in [0.3, 0.4) is 0 Å². The third-order valence-corrected chi connectivity index (χ3v) is 6.09. The van der Waals surface area contributed by atoms with Gasteiger partial charge >= 0.3 is 6.03 Å². The number of carbonyl (C=O) groups is 1. The number of likely N-dealkylation sites (tertiary alicyclic amines) is 1. The largest absolute Gasteiger partial charge is 0.378 e. The Labute approximate surface area is 172 Å². The summed E-state index contributed by atoms with van der Waals surface area (Å²) >= 11 is 1.49. The maximum atomic E-state index is 12.5. The minimum Gasteiger partial charge on any atom is -0.378 e. The summed E-state index contributed by atoms with van der Waals surface area (Å²) in [6, 6.07) is 10.3. The topological polar surface area (TPSA) is 57.3 Å². The predicted octanol–water partition coefficient (Wildman–Crippen LogP) is 5.00. The molecule has 2 aromatic rings. The Morgan fingerprint density at radius 3 is 2.89 bits per heavy atom. The highest BCUT2D eigenvalue weighted by molar-refractivity contribution is 7.13. The zero-order valence-electron chi connectivity index (χ0n) is 16.9. The highest BCUT2D eigenvalue weighted by Gasteiger charge is 2.23. The normalized spacial score (nSPS) is 14.6. The lowest BCUT2D eigenvalue weighted by molar-refractivity contribution is 0.185. The van der Waals surface area contributed by atoms with Crippen LogP contribution in [0.15, 0.2) is 17.5 Å². The summed E-state index contributed by atoms with van der Waals surface area (Å²) in [5.74, 6) is 0.572. The lowest BCUT2D eigenvalue weighted by atomic mass is 9.96. The predicted molar refractivity (Wildman–Crippen MR) is 116 cm³/mol. The molecule has 0 spiro atoms. The van der Waals surface area contributed by atoms with Crippen molar-refractivity contribution in [2.24, 2.45) is 5.92 Å². The van der Waals surface area contributed by atoms with Crippen LogP contribution in [0.1, 0.15) is 50.8 Å². The second-order valence-electron chi connectivity index (χ2n) is 7.35. The molecule has 0 bridgehead atoms. The third-order valence-electron chi connectivity index (χ3n) is 5.28. The summed E-state index contributed by atoms with van der Waals surface area (Å²) in [5, 5.41) is 9.20. The van der Waals surface area contributed by atoms with Gasteiger partial charge < -0.3 is 10.2 Å². The molecule has 28 heavy (non-hydrogen) atoms. The number of piperidine rings is 1. The van der Waals surface area contributed by atoms with Crippen molar-refractivity contribution in [3.63, 3.8) is 0 Å². The SMILES string of the molecule is CCCCc1ccc#cc1NCC1CCN(C(=O)Nc2nc(CC)cs2)CC1. The average Bonchev–Trinajstić information content (AvgIpc) is 3.19. The second-order valence-corrected chi connectivity index (χ2v) is 8.20. The number of anilines is 2. The van der Waals surface area contributed by atoms with E-state index in [9.17, 15) is 4.79 Å². The maximum Gasteiger partial charge on any atom is 0.323 e. The van der Waals surface area contributed by atoms with Gasteiger partial charge in [0.1, 0.15) is 0 Å². The number of nitrogens with one attached hydrogen (secondary N) is 2. The van der Waals surface area contributed by atoms with Gasteiger partial charge in [-0.25, -0.2) is 9.78 Å². The van der Waals surface area contributed by atoms with Gasteiger partial charge in [0.2, 0.25) is 0 Å². The van der Waals surface area contributed by atoms with E-state index in [2.05, 4.69) is 47.7 Å². The van der Waals surface area contributed by atoms with E-state index in [4.69, 9.17) is 0 Å². The van der Waals surface area contributed by atoms with Gasteiger partial charge in [0.25, 0.3) is 0 Å². The van der Waals surface area contributed by atoms with Gasteiger partial charge in [0, 0.05) is 25.0 Å². The van der Waals surface area contributed by atoms with E-state index >= 15 is 0 Å². The van der Waals surface area contributed by atoms with Crippen molar-refractivity contribution in [1.29, 1.82) is 0 Å². The lowest BCUT2D eigenvalue weighted by Gasteiger charge is -2.32. The van der Waals surface area contributed by atoms with E-state index in [1.807, 2.05) is 16.3 Å². The Morgan fingerprint density at radius 1 is 1.36 bits per heavy atom. The maximum absolute atomic E-state index is 12.5. The number of nitrogens with zero attached hydrogens (tertiary/aromatic N) is 2. The third kappa shape index (κ3) is 5.62. The summed E-state index contributed by atoms with van der Waals surface area (Å²) < 4.78 is 0. The van der Waals surface area contributed by atoms with Crippen LogP contribution in [-0.4, -0.2) is 35.5 Å². The molecule has 0 aliphatic carbocycles. The number of hydrogen-bond donors (Lipinski definition) is 2. The number of amides is 2. The molecule has 150 valence electrons. The quantitative estimate of drug-likeness (QED) is 0.657. The Kier molecular flexibility index (Phi) is 7.55. The van der Waals surface area contributed by atoms with Gasteiger partial charge in [-0.15, -0.1) is 11.3 Å². The summed E-state index contributed by atoms with van der Waals surface area (Å²) in [4.78, 5) is 18.8. The fourth-order valence-electron chi connectivity index (χ4n) is 3.44. The number of unbranched alkanes of at least 4 members (excludes halogenated alkanes) is 1. The van der Waals surface area contributed by atoms with Crippen molar-refractivity contribution >= 4 is 28.2 Å². The number of hydrogen-bond acceptors (Lipinski definition) is 4. The highest BCUT2D eigenvalue weighted by Crippen LogP contribution is 2.22. The van der Waals surface area contributed by atoms with Crippen LogP contribution in [0.4, 0.5) is 15.6 Å². The van der Waals surface area contributed by atoms with Gasteiger partial charge in [-0.05, 0) is 61.8 Å². The molecule has 1 aliphatic rings. The molecule has 1 aromatic carbocycles. The Morgan fingerprint density at radius 2 is 2.18 bits per heavy atom. The first kappa shape index (κ1) is 20.5. The zero-order chi connectivity index (χ0) is 19.8. The summed E-state index contributed by atoms with van der Waals surface area (Å²) in [6.07, 6.45) is 6.39. The lowest BCUT2D eigenvalue weighted by Crippen LogP contribution is -2.42. The van der Waals surface area contributed by atoms with E-state index in [1.54, 1.807) is 0 Å². The first-order valence-electron chi connectivity index (χ1n) is 10.3. The second kappa shape index (κ2) is 10.3. The van der Waals surface area contributed by atoms with Crippen molar-refractivity contribution < 1.29 is 4.79 Å². The number of carbonyl (C=O) groups excluding carboxylic acids is 1. The minimum atomic E-state index is -0.0312.